The lowest BCUT2D eigenvalue weighted by atomic mass is 10.2. The van der Waals surface area contributed by atoms with Crippen molar-refractivity contribution in [1.29, 1.82) is 0 Å². The van der Waals surface area contributed by atoms with Gasteiger partial charge in [0.25, 0.3) is 0 Å². The Balaban J connectivity index is 2.44. The highest BCUT2D eigenvalue weighted by Crippen LogP contribution is 2.24. The first-order chi connectivity index (χ1) is 8.21. The van der Waals surface area contributed by atoms with Gasteiger partial charge in [0.15, 0.2) is 0 Å². The maximum Gasteiger partial charge on any atom is 0.0462 e. The van der Waals surface area contributed by atoms with Crippen molar-refractivity contribution in [3.63, 3.8) is 0 Å². The molecular weight excluding hydrogens is 252 g/mol. The first-order valence-corrected chi connectivity index (χ1v) is 7.41. The molecule has 17 heavy (non-hydrogen) atoms. The van der Waals surface area contributed by atoms with Gasteiger partial charge >= 0.3 is 0 Å². The Hall–Kier alpha value is -0.220. The van der Waals surface area contributed by atoms with Crippen LogP contribution in [0, 0.1) is 0 Å². The molecule has 0 fully saturated rings. The van der Waals surface area contributed by atoms with Crippen LogP contribution in [-0.4, -0.2) is 30.3 Å². The van der Waals surface area contributed by atoms with Gasteiger partial charge in [-0.15, -0.1) is 11.8 Å². The molecule has 0 amide bonds. The Kier molecular flexibility index (Phi) is 6.97. The highest BCUT2D eigenvalue weighted by molar-refractivity contribution is 7.99. The molecule has 96 valence electrons. The lowest BCUT2D eigenvalue weighted by molar-refractivity contribution is 0.324. The molecule has 0 radical (unpaired) electrons. The van der Waals surface area contributed by atoms with E-state index in [9.17, 15) is 0 Å². The fourth-order valence-electron chi connectivity index (χ4n) is 1.62. The summed E-state index contributed by atoms with van der Waals surface area (Å²) in [6.45, 7) is 8.24. The predicted molar refractivity (Wildman–Crippen MR) is 77.9 cm³/mol. The molecule has 0 saturated heterocycles. The average Bonchev–Trinajstić information content (AvgIpc) is 2.35. The molecule has 0 aliphatic rings. The van der Waals surface area contributed by atoms with Crippen LogP contribution in [0.25, 0.3) is 0 Å². The van der Waals surface area contributed by atoms with Crippen LogP contribution in [0.15, 0.2) is 23.1 Å². The summed E-state index contributed by atoms with van der Waals surface area (Å²) in [5.41, 5.74) is 6.59. The van der Waals surface area contributed by atoms with E-state index in [-0.39, 0.29) is 0 Å². The number of nitrogens with zero attached hydrogens (tertiary/aromatic N) is 1. The van der Waals surface area contributed by atoms with Gasteiger partial charge in [-0.3, -0.25) is 0 Å². The second-order valence-electron chi connectivity index (χ2n) is 3.83. The van der Waals surface area contributed by atoms with Crippen LogP contribution < -0.4 is 5.73 Å². The fraction of sp³-hybridized carbons (Fsp3) is 0.538. The van der Waals surface area contributed by atoms with E-state index in [1.54, 1.807) is 0 Å². The molecule has 4 heteroatoms. The third-order valence-corrected chi connectivity index (χ3v) is 4.14. The highest BCUT2D eigenvalue weighted by atomic mass is 35.5. The summed E-state index contributed by atoms with van der Waals surface area (Å²) < 4.78 is 0. The van der Waals surface area contributed by atoms with E-state index >= 15 is 0 Å². The molecule has 0 aliphatic carbocycles. The van der Waals surface area contributed by atoms with E-state index < -0.39 is 0 Å². The molecule has 2 N–H and O–H groups in total. The normalized spacial score (nSPS) is 11.1. The molecular formula is C13H21ClN2S. The van der Waals surface area contributed by atoms with E-state index in [4.69, 9.17) is 17.3 Å². The van der Waals surface area contributed by atoms with E-state index in [0.29, 0.717) is 6.54 Å². The van der Waals surface area contributed by atoms with Crippen LogP contribution in [0.4, 0.5) is 0 Å². The van der Waals surface area contributed by atoms with Crippen LogP contribution in [0.5, 0.6) is 0 Å². The molecule has 2 nitrogen and oxygen atoms in total. The van der Waals surface area contributed by atoms with Gasteiger partial charge in [0, 0.05) is 28.8 Å². The molecule has 1 aromatic carbocycles. The van der Waals surface area contributed by atoms with Crippen molar-refractivity contribution >= 4 is 23.4 Å². The standard InChI is InChI=1S/C13H21ClN2S/c1-3-16(4-2)7-8-17-12-6-5-11(10-15)13(14)9-12/h5-6,9H,3-4,7-8,10,15H2,1-2H3. The Morgan fingerprint density at radius 1 is 1.29 bits per heavy atom. The number of hydrogen-bond donors (Lipinski definition) is 1. The predicted octanol–water partition coefficient (Wildman–Crippen LogP) is 3.23. The van der Waals surface area contributed by atoms with Crippen LogP contribution in [0.3, 0.4) is 0 Å². The van der Waals surface area contributed by atoms with Crippen molar-refractivity contribution in [3.05, 3.63) is 28.8 Å². The van der Waals surface area contributed by atoms with Crippen LogP contribution in [0.2, 0.25) is 5.02 Å². The van der Waals surface area contributed by atoms with Crippen LogP contribution >= 0.6 is 23.4 Å². The molecule has 0 spiro atoms. The van der Waals surface area contributed by atoms with Crippen molar-refractivity contribution in [2.45, 2.75) is 25.3 Å². The minimum Gasteiger partial charge on any atom is -0.326 e. The minimum absolute atomic E-state index is 0.503. The maximum atomic E-state index is 6.12. The number of benzene rings is 1. The molecule has 1 rings (SSSR count). The second-order valence-corrected chi connectivity index (χ2v) is 5.41. The van der Waals surface area contributed by atoms with Crippen molar-refractivity contribution in [2.24, 2.45) is 5.73 Å². The zero-order chi connectivity index (χ0) is 12.7. The first-order valence-electron chi connectivity index (χ1n) is 6.04. The second kappa shape index (κ2) is 7.98. The lowest BCUT2D eigenvalue weighted by Crippen LogP contribution is -2.25. The smallest absolute Gasteiger partial charge is 0.0462 e. The number of nitrogens with two attached hydrogens (primary N) is 1. The van der Waals surface area contributed by atoms with Gasteiger partial charge in [0.2, 0.25) is 0 Å². The quantitative estimate of drug-likeness (QED) is 0.773. The van der Waals surface area contributed by atoms with Crippen molar-refractivity contribution in [2.75, 3.05) is 25.4 Å². The Bertz CT molecular complexity index is 340. The molecule has 0 aromatic heterocycles. The summed E-state index contributed by atoms with van der Waals surface area (Å²) in [6, 6.07) is 6.12. The van der Waals surface area contributed by atoms with Crippen molar-refractivity contribution < 1.29 is 0 Å². The van der Waals surface area contributed by atoms with Gasteiger partial charge in [-0.1, -0.05) is 31.5 Å². The average molecular weight is 273 g/mol. The Labute approximate surface area is 114 Å². The van der Waals surface area contributed by atoms with Gasteiger partial charge in [0.05, 0.1) is 0 Å². The van der Waals surface area contributed by atoms with Crippen LogP contribution in [-0.2, 0) is 6.54 Å². The van der Waals surface area contributed by atoms with E-state index in [1.807, 2.05) is 23.9 Å². The SMILES string of the molecule is CCN(CC)CCSc1ccc(CN)c(Cl)c1. The van der Waals surface area contributed by atoms with Gasteiger partial charge < -0.3 is 10.6 Å². The van der Waals surface area contributed by atoms with Gasteiger partial charge in [-0.25, -0.2) is 0 Å². The van der Waals surface area contributed by atoms with Crippen molar-refractivity contribution in [1.82, 2.24) is 4.90 Å². The van der Waals surface area contributed by atoms with Crippen LogP contribution in [0.1, 0.15) is 19.4 Å². The van der Waals surface area contributed by atoms with E-state index in [2.05, 4.69) is 24.8 Å². The molecule has 0 aliphatic heterocycles. The molecule has 0 heterocycles. The largest absolute Gasteiger partial charge is 0.326 e. The zero-order valence-electron chi connectivity index (χ0n) is 10.6. The van der Waals surface area contributed by atoms with Gasteiger partial charge in [-0.2, -0.15) is 0 Å². The first kappa shape index (κ1) is 14.8. The fourth-order valence-corrected chi connectivity index (χ4v) is 2.89. The third-order valence-electron chi connectivity index (χ3n) is 2.82. The number of thioether (sulfide) groups is 1. The monoisotopic (exact) mass is 272 g/mol. The number of halogens is 1. The van der Waals surface area contributed by atoms with E-state index in [0.717, 1.165) is 36.0 Å². The van der Waals surface area contributed by atoms with E-state index in [1.165, 1.54) is 4.90 Å². The number of rotatable bonds is 7. The Morgan fingerprint density at radius 3 is 2.53 bits per heavy atom. The zero-order valence-corrected chi connectivity index (χ0v) is 12.2. The summed E-state index contributed by atoms with van der Waals surface area (Å²) in [7, 11) is 0. The molecule has 0 bridgehead atoms. The topological polar surface area (TPSA) is 29.3 Å². The molecule has 0 atom stereocenters. The third kappa shape index (κ3) is 4.88. The highest BCUT2D eigenvalue weighted by Gasteiger charge is 2.02. The maximum absolute atomic E-state index is 6.12. The lowest BCUT2D eigenvalue weighted by Gasteiger charge is -2.17. The Morgan fingerprint density at radius 2 is 2.00 bits per heavy atom. The summed E-state index contributed by atoms with van der Waals surface area (Å²) >= 11 is 7.97. The summed E-state index contributed by atoms with van der Waals surface area (Å²) in [5.74, 6) is 1.10. The molecule has 0 saturated carbocycles. The summed E-state index contributed by atoms with van der Waals surface area (Å²) in [5, 5.41) is 0.778. The van der Waals surface area contributed by atoms with Crippen molar-refractivity contribution in [3.8, 4) is 0 Å². The van der Waals surface area contributed by atoms with Gasteiger partial charge in [-0.05, 0) is 30.8 Å². The van der Waals surface area contributed by atoms with Gasteiger partial charge in [0.1, 0.15) is 0 Å². The summed E-state index contributed by atoms with van der Waals surface area (Å²) in [6.07, 6.45) is 0. The minimum atomic E-state index is 0.503. The number of hydrogen-bond acceptors (Lipinski definition) is 3. The summed E-state index contributed by atoms with van der Waals surface area (Å²) in [4.78, 5) is 3.64. The molecule has 0 unspecified atom stereocenters. The molecule has 1 aromatic rings.